The molecule has 4 amide bonds. The molecule has 0 radical (unpaired) electrons. The standard InChI is InChI=1S/C38H52N8O6S3/c1-27(2)36-42-32(25-54-36)24-46(3)37(48)44-33(18-19-34(39)45-55(4,50)51)35(47)41-30(22-28-12-7-5-8-13-28)16-17-31(23-29-14-9-6-10-15-29)43-38(49)52-21-11-20-40-26-53/h5-15,20,25-27,30-31,33H,16-19,21-24H2,1-4H3,(H2,39,45)(H,40,53)(H,41,47)(H,43,49)(H,44,48)/b20-11+/t30-,31-,33+/m1/s1. The topological polar surface area (TPSA) is 198 Å². The number of thiazole rings is 1. The number of urea groups is 1. The van der Waals surface area contributed by atoms with E-state index in [9.17, 15) is 22.8 Å². The minimum Gasteiger partial charge on any atom is -0.445 e. The van der Waals surface area contributed by atoms with Crippen LogP contribution in [0.3, 0.4) is 0 Å². The third-order valence-corrected chi connectivity index (χ3v) is 10.0. The number of ether oxygens (including phenoxy) is 1. The molecular formula is C38H52N8O6S3. The fraction of sp³-hybridized carbons (Fsp3) is 0.421. The molecule has 17 heteroatoms. The predicted molar refractivity (Wildman–Crippen MR) is 222 cm³/mol. The molecule has 14 nitrogen and oxygen atoms in total. The summed E-state index contributed by atoms with van der Waals surface area (Å²) in [6.07, 6.45) is 5.22. The summed E-state index contributed by atoms with van der Waals surface area (Å²) in [4.78, 5) is 50.2. The average molecular weight is 813 g/mol. The highest BCUT2D eigenvalue weighted by Gasteiger charge is 2.27. The monoisotopic (exact) mass is 812 g/mol. The van der Waals surface area contributed by atoms with Crippen molar-refractivity contribution in [1.82, 2.24) is 25.8 Å². The van der Waals surface area contributed by atoms with Gasteiger partial charge in [0.1, 0.15) is 18.5 Å². The van der Waals surface area contributed by atoms with Gasteiger partial charge in [-0.2, -0.15) is 4.40 Å². The van der Waals surface area contributed by atoms with Crippen LogP contribution in [0.2, 0.25) is 0 Å². The Labute approximate surface area is 333 Å². The van der Waals surface area contributed by atoms with Gasteiger partial charge in [-0.3, -0.25) is 9.79 Å². The fourth-order valence-corrected chi connectivity index (χ4v) is 6.90. The number of amidine groups is 1. The SMILES string of the molecule is CC(C)c1nc(CN(C)C(=O)N[C@@H](CC/C(N)=N\S(C)(=O)=O)C(=O)N[C@H](CC[C@H](Cc2ccccc2)NC(=O)OC/C=C/N=C\S)Cc2ccccc2)cs1. The summed E-state index contributed by atoms with van der Waals surface area (Å²) in [5.74, 6) is -0.412. The minimum absolute atomic E-state index is 0.0136. The summed E-state index contributed by atoms with van der Waals surface area (Å²) < 4.78 is 32.4. The molecule has 0 bridgehead atoms. The highest BCUT2D eigenvalue weighted by atomic mass is 32.2. The first-order valence-electron chi connectivity index (χ1n) is 17.8. The second-order valence-electron chi connectivity index (χ2n) is 13.3. The molecule has 0 aliphatic rings. The highest BCUT2D eigenvalue weighted by molar-refractivity contribution is 7.94. The number of aromatic nitrogens is 1. The molecule has 55 heavy (non-hydrogen) atoms. The van der Waals surface area contributed by atoms with Gasteiger partial charge in [0.15, 0.2) is 0 Å². The van der Waals surface area contributed by atoms with Crippen molar-refractivity contribution in [3.63, 3.8) is 0 Å². The molecule has 0 unspecified atom stereocenters. The van der Waals surface area contributed by atoms with Gasteiger partial charge in [0.25, 0.3) is 10.0 Å². The van der Waals surface area contributed by atoms with E-state index in [0.717, 1.165) is 28.1 Å². The van der Waals surface area contributed by atoms with Crippen LogP contribution >= 0.6 is 24.0 Å². The van der Waals surface area contributed by atoms with Crippen LogP contribution in [0.5, 0.6) is 0 Å². The molecule has 3 atom stereocenters. The van der Waals surface area contributed by atoms with E-state index in [1.54, 1.807) is 13.1 Å². The van der Waals surface area contributed by atoms with E-state index >= 15 is 0 Å². The van der Waals surface area contributed by atoms with Gasteiger partial charge in [0.05, 0.1) is 29.0 Å². The van der Waals surface area contributed by atoms with E-state index in [1.165, 1.54) is 28.0 Å². The van der Waals surface area contributed by atoms with Gasteiger partial charge >= 0.3 is 12.1 Å². The van der Waals surface area contributed by atoms with Crippen molar-refractivity contribution in [2.75, 3.05) is 19.9 Å². The molecule has 0 saturated carbocycles. The Morgan fingerprint density at radius 1 is 0.964 bits per heavy atom. The van der Waals surface area contributed by atoms with Crippen LogP contribution in [0.4, 0.5) is 9.59 Å². The maximum Gasteiger partial charge on any atom is 0.407 e. The number of nitrogens with one attached hydrogen (secondary N) is 3. The smallest absolute Gasteiger partial charge is 0.407 e. The Morgan fingerprint density at radius 3 is 2.11 bits per heavy atom. The second-order valence-corrected chi connectivity index (χ2v) is 16.1. The zero-order valence-corrected chi connectivity index (χ0v) is 34.2. The van der Waals surface area contributed by atoms with Crippen LogP contribution in [0.15, 0.2) is 87.7 Å². The molecule has 0 spiro atoms. The van der Waals surface area contributed by atoms with E-state index in [2.05, 4.69) is 43.0 Å². The Hall–Kier alpha value is -4.74. The van der Waals surface area contributed by atoms with Gasteiger partial charge in [0, 0.05) is 43.1 Å². The number of hydrogen-bond donors (Lipinski definition) is 5. The Kier molecular flexibility index (Phi) is 18.9. The van der Waals surface area contributed by atoms with Crippen molar-refractivity contribution in [1.29, 1.82) is 0 Å². The van der Waals surface area contributed by atoms with Gasteiger partial charge < -0.3 is 31.3 Å². The number of nitrogens with two attached hydrogens (primary N) is 1. The minimum atomic E-state index is -3.77. The summed E-state index contributed by atoms with van der Waals surface area (Å²) >= 11 is 5.41. The normalized spacial score (nSPS) is 13.7. The molecule has 0 aliphatic carbocycles. The molecule has 5 N–H and O–H groups in total. The Balaban J connectivity index is 1.81. The summed E-state index contributed by atoms with van der Waals surface area (Å²) in [5, 5.41) is 11.7. The number of hydrogen-bond acceptors (Lipinski definition) is 9. The maximum atomic E-state index is 14.1. The third kappa shape index (κ3) is 18.0. The first kappa shape index (κ1) is 44.7. The van der Waals surface area contributed by atoms with Crippen molar-refractivity contribution >= 4 is 63.4 Å². The number of alkyl carbamates (subject to hydrolysis) is 1. The van der Waals surface area contributed by atoms with Crippen LogP contribution in [-0.2, 0) is 38.9 Å². The number of aliphatic imine (C=N–C) groups is 1. The van der Waals surface area contributed by atoms with Crippen molar-refractivity contribution in [2.45, 2.75) is 83.0 Å². The van der Waals surface area contributed by atoms with Gasteiger partial charge in [-0.05, 0) is 49.3 Å². The van der Waals surface area contributed by atoms with Gasteiger partial charge in [-0.15, -0.1) is 24.0 Å². The number of carbonyl (C=O) groups excluding carboxylic acids is 3. The number of nitrogens with zero attached hydrogens (tertiary/aromatic N) is 4. The molecule has 0 fully saturated rings. The molecule has 3 rings (SSSR count). The second kappa shape index (κ2) is 23.2. The third-order valence-electron chi connectivity index (χ3n) is 8.15. The molecule has 2 aromatic carbocycles. The first-order valence-corrected chi connectivity index (χ1v) is 21.1. The molecule has 0 saturated heterocycles. The number of amides is 4. The zero-order valence-electron chi connectivity index (χ0n) is 31.6. The number of rotatable bonds is 21. The Morgan fingerprint density at radius 2 is 1.56 bits per heavy atom. The fourth-order valence-electron chi connectivity index (χ4n) is 5.48. The van der Waals surface area contributed by atoms with Crippen LogP contribution in [0.1, 0.15) is 67.3 Å². The zero-order chi connectivity index (χ0) is 40.2. The van der Waals surface area contributed by atoms with Crippen molar-refractivity contribution < 1.29 is 27.5 Å². The lowest BCUT2D eigenvalue weighted by Crippen LogP contribution is -2.53. The van der Waals surface area contributed by atoms with Crippen molar-refractivity contribution in [3.8, 4) is 0 Å². The summed E-state index contributed by atoms with van der Waals surface area (Å²) in [5.41, 5.74) is 9.95. The van der Waals surface area contributed by atoms with Crippen molar-refractivity contribution in [3.05, 3.63) is 100 Å². The lowest BCUT2D eigenvalue weighted by molar-refractivity contribution is -0.123. The summed E-state index contributed by atoms with van der Waals surface area (Å²) in [7, 11) is -2.16. The number of sulfonamides is 1. The number of benzene rings is 2. The maximum absolute atomic E-state index is 14.1. The van der Waals surface area contributed by atoms with E-state index in [-0.39, 0.29) is 43.8 Å². The largest absolute Gasteiger partial charge is 0.445 e. The quantitative estimate of drug-likeness (QED) is 0.0550. The van der Waals surface area contributed by atoms with E-state index in [1.807, 2.05) is 79.9 Å². The van der Waals surface area contributed by atoms with Gasteiger partial charge in [0.2, 0.25) is 5.91 Å². The molecule has 1 heterocycles. The molecular weight excluding hydrogens is 761 g/mol. The molecule has 3 aromatic rings. The van der Waals surface area contributed by atoms with Crippen LogP contribution in [-0.4, -0.2) is 85.8 Å². The van der Waals surface area contributed by atoms with Crippen LogP contribution < -0.4 is 21.7 Å². The molecule has 1 aromatic heterocycles. The van der Waals surface area contributed by atoms with Crippen molar-refractivity contribution in [2.24, 2.45) is 15.1 Å². The van der Waals surface area contributed by atoms with Crippen LogP contribution in [0, 0.1) is 0 Å². The molecule has 0 aliphatic heterocycles. The lowest BCUT2D eigenvalue weighted by atomic mass is 9.95. The van der Waals surface area contributed by atoms with Gasteiger partial charge in [-0.25, -0.2) is 23.0 Å². The number of thiol groups is 1. The van der Waals surface area contributed by atoms with Crippen LogP contribution in [0.25, 0.3) is 0 Å². The summed E-state index contributed by atoms with van der Waals surface area (Å²) in [6.45, 7) is 4.33. The van der Waals surface area contributed by atoms with E-state index in [4.69, 9.17) is 10.5 Å². The van der Waals surface area contributed by atoms with E-state index < -0.39 is 40.1 Å². The Bertz CT molecular complexity index is 1850. The number of carbonyl (C=O) groups is 3. The van der Waals surface area contributed by atoms with E-state index in [0.29, 0.717) is 25.7 Å². The highest BCUT2D eigenvalue weighted by Crippen LogP contribution is 2.20. The predicted octanol–water partition coefficient (Wildman–Crippen LogP) is 5.19. The summed E-state index contributed by atoms with van der Waals surface area (Å²) in [6, 6.07) is 17.0. The van der Waals surface area contributed by atoms with Gasteiger partial charge in [-0.1, -0.05) is 74.5 Å². The average Bonchev–Trinajstić information content (AvgIpc) is 3.61. The first-order chi connectivity index (χ1) is 26.2. The lowest BCUT2D eigenvalue weighted by Gasteiger charge is -2.27. The molecule has 298 valence electrons.